The molecule has 26 heavy (non-hydrogen) atoms. The molecule has 0 spiro atoms. The van der Waals surface area contributed by atoms with Gasteiger partial charge in [0.05, 0.1) is 0 Å². The molecule has 0 aromatic heterocycles. The Bertz CT molecular complexity index is 692. The summed E-state index contributed by atoms with van der Waals surface area (Å²) < 4.78 is 5.51. The van der Waals surface area contributed by atoms with E-state index in [2.05, 4.69) is 5.32 Å². The SMILES string of the molecule is Cc1ccc([C@@]2(C)NC(=O)N(CC(=O)OC3CCCCCC3)C2=O)cc1. The molecule has 1 aromatic rings. The molecule has 1 aromatic carbocycles. The highest BCUT2D eigenvalue weighted by Crippen LogP contribution is 2.29. The van der Waals surface area contributed by atoms with Gasteiger partial charge in [-0.25, -0.2) is 4.79 Å². The van der Waals surface area contributed by atoms with Crippen LogP contribution < -0.4 is 5.32 Å². The monoisotopic (exact) mass is 358 g/mol. The van der Waals surface area contributed by atoms with E-state index in [0.29, 0.717) is 5.56 Å². The maximum Gasteiger partial charge on any atom is 0.326 e. The fraction of sp³-hybridized carbons (Fsp3) is 0.550. The Morgan fingerprint density at radius 3 is 2.38 bits per heavy atom. The molecule has 0 radical (unpaired) electrons. The number of rotatable bonds is 4. The van der Waals surface area contributed by atoms with Gasteiger partial charge in [0.25, 0.3) is 5.91 Å². The van der Waals surface area contributed by atoms with Gasteiger partial charge in [0.2, 0.25) is 0 Å². The Morgan fingerprint density at radius 1 is 1.15 bits per heavy atom. The summed E-state index contributed by atoms with van der Waals surface area (Å²) in [5.41, 5.74) is 0.604. The lowest BCUT2D eigenvalue weighted by Crippen LogP contribution is -2.42. The van der Waals surface area contributed by atoms with Gasteiger partial charge in [0.15, 0.2) is 0 Å². The highest BCUT2D eigenvalue weighted by molar-refractivity contribution is 6.08. The predicted octanol–water partition coefficient (Wildman–Crippen LogP) is 3.03. The van der Waals surface area contributed by atoms with Crippen molar-refractivity contribution in [2.75, 3.05) is 6.54 Å². The molecule has 0 bridgehead atoms. The zero-order valence-electron chi connectivity index (χ0n) is 15.4. The van der Waals surface area contributed by atoms with Crippen LogP contribution in [-0.2, 0) is 19.9 Å². The molecule has 1 atom stereocenters. The number of aryl methyl sites for hydroxylation is 1. The molecule has 1 saturated carbocycles. The van der Waals surface area contributed by atoms with E-state index >= 15 is 0 Å². The summed E-state index contributed by atoms with van der Waals surface area (Å²) in [5, 5.41) is 2.71. The first-order chi connectivity index (χ1) is 12.4. The van der Waals surface area contributed by atoms with Gasteiger partial charge in [0, 0.05) is 0 Å². The van der Waals surface area contributed by atoms with E-state index in [9.17, 15) is 14.4 Å². The van der Waals surface area contributed by atoms with Gasteiger partial charge in [-0.3, -0.25) is 14.5 Å². The van der Waals surface area contributed by atoms with Gasteiger partial charge >= 0.3 is 12.0 Å². The molecule has 140 valence electrons. The lowest BCUT2D eigenvalue weighted by Gasteiger charge is -2.22. The third-order valence-corrected chi connectivity index (χ3v) is 5.29. The van der Waals surface area contributed by atoms with E-state index in [0.717, 1.165) is 49.0 Å². The number of esters is 1. The number of ether oxygens (including phenoxy) is 1. The zero-order valence-corrected chi connectivity index (χ0v) is 15.4. The molecule has 0 unspecified atom stereocenters. The summed E-state index contributed by atoms with van der Waals surface area (Å²) in [6.07, 6.45) is 6.03. The number of hydrogen-bond acceptors (Lipinski definition) is 4. The zero-order chi connectivity index (χ0) is 18.7. The summed E-state index contributed by atoms with van der Waals surface area (Å²) in [7, 11) is 0. The van der Waals surface area contributed by atoms with Crippen molar-refractivity contribution in [3.8, 4) is 0 Å². The minimum atomic E-state index is -1.16. The van der Waals surface area contributed by atoms with Gasteiger partial charge in [-0.2, -0.15) is 0 Å². The van der Waals surface area contributed by atoms with Gasteiger partial charge < -0.3 is 10.1 Å². The maximum absolute atomic E-state index is 12.8. The van der Waals surface area contributed by atoms with Crippen LogP contribution in [0.2, 0.25) is 0 Å². The molecular formula is C20H26N2O4. The van der Waals surface area contributed by atoms with Crippen LogP contribution in [0.5, 0.6) is 0 Å². The molecule has 2 fully saturated rings. The molecule has 1 saturated heterocycles. The second kappa shape index (κ2) is 7.48. The second-order valence-corrected chi connectivity index (χ2v) is 7.42. The molecule has 2 aliphatic rings. The fourth-order valence-corrected chi connectivity index (χ4v) is 3.64. The molecule has 1 heterocycles. The Kier molecular flexibility index (Phi) is 5.30. The fourth-order valence-electron chi connectivity index (χ4n) is 3.64. The van der Waals surface area contributed by atoms with Crippen molar-refractivity contribution in [3.05, 3.63) is 35.4 Å². The Labute approximate surface area is 153 Å². The first-order valence-electron chi connectivity index (χ1n) is 9.31. The van der Waals surface area contributed by atoms with Crippen molar-refractivity contribution < 1.29 is 19.1 Å². The van der Waals surface area contributed by atoms with Crippen LogP contribution in [-0.4, -0.2) is 35.5 Å². The standard InChI is InChI=1S/C20H26N2O4/c1-14-9-11-15(12-10-14)20(2)18(24)22(19(25)21-20)13-17(23)26-16-7-5-3-4-6-8-16/h9-12,16H,3-8,13H2,1-2H3,(H,21,25)/t20-/m1/s1. The van der Waals surface area contributed by atoms with Crippen molar-refractivity contribution >= 4 is 17.9 Å². The van der Waals surface area contributed by atoms with Crippen molar-refractivity contribution in [2.45, 2.75) is 64.0 Å². The largest absolute Gasteiger partial charge is 0.461 e. The summed E-state index contributed by atoms with van der Waals surface area (Å²) in [6.45, 7) is 3.27. The van der Waals surface area contributed by atoms with E-state index in [1.54, 1.807) is 6.92 Å². The molecule has 1 N–H and O–H groups in total. The van der Waals surface area contributed by atoms with Crippen LogP contribution in [0.1, 0.15) is 56.6 Å². The van der Waals surface area contributed by atoms with Crippen molar-refractivity contribution in [3.63, 3.8) is 0 Å². The topological polar surface area (TPSA) is 75.7 Å². The first-order valence-corrected chi connectivity index (χ1v) is 9.31. The number of urea groups is 1. The number of nitrogens with zero attached hydrogens (tertiary/aromatic N) is 1. The van der Waals surface area contributed by atoms with E-state index in [-0.39, 0.29) is 12.6 Å². The van der Waals surface area contributed by atoms with Crippen LogP contribution in [0.25, 0.3) is 0 Å². The van der Waals surface area contributed by atoms with Gasteiger partial charge in [0.1, 0.15) is 18.2 Å². The number of carbonyl (C=O) groups excluding carboxylic acids is 3. The first kappa shape index (κ1) is 18.4. The summed E-state index contributed by atoms with van der Waals surface area (Å²) in [6, 6.07) is 6.86. The van der Waals surface area contributed by atoms with Crippen LogP contribution in [0, 0.1) is 6.92 Å². The van der Waals surface area contributed by atoms with Crippen molar-refractivity contribution in [1.29, 1.82) is 0 Å². The molecular weight excluding hydrogens is 332 g/mol. The number of nitrogens with one attached hydrogen (secondary N) is 1. The average molecular weight is 358 g/mol. The van der Waals surface area contributed by atoms with Crippen LogP contribution in [0.4, 0.5) is 4.79 Å². The number of hydrogen-bond donors (Lipinski definition) is 1. The number of carbonyl (C=O) groups is 3. The minimum absolute atomic E-state index is 0.103. The number of amides is 3. The number of imide groups is 1. The van der Waals surface area contributed by atoms with Crippen LogP contribution in [0.3, 0.4) is 0 Å². The molecule has 6 heteroatoms. The highest BCUT2D eigenvalue weighted by Gasteiger charge is 2.49. The van der Waals surface area contributed by atoms with Crippen molar-refractivity contribution in [1.82, 2.24) is 10.2 Å². The van der Waals surface area contributed by atoms with E-state index < -0.39 is 23.4 Å². The van der Waals surface area contributed by atoms with E-state index in [1.807, 2.05) is 31.2 Å². The quantitative estimate of drug-likeness (QED) is 0.510. The lowest BCUT2D eigenvalue weighted by molar-refractivity contribution is -0.152. The molecule has 3 rings (SSSR count). The van der Waals surface area contributed by atoms with Crippen LogP contribution in [0.15, 0.2) is 24.3 Å². The summed E-state index contributed by atoms with van der Waals surface area (Å²) in [5.74, 6) is -0.947. The smallest absolute Gasteiger partial charge is 0.326 e. The molecule has 1 aliphatic heterocycles. The Balaban J connectivity index is 1.66. The maximum atomic E-state index is 12.8. The summed E-state index contributed by atoms with van der Waals surface area (Å²) >= 11 is 0. The third-order valence-electron chi connectivity index (χ3n) is 5.29. The minimum Gasteiger partial charge on any atom is -0.461 e. The molecule has 1 aliphatic carbocycles. The lowest BCUT2D eigenvalue weighted by atomic mass is 9.91. The Morgan fingerprint density at radius 2 is 1.77 bits per heavy atom. The normalized spacial score (nSPS) is 24.3. The molecule has 3 amide bonds. The second-order valence-electron chi connectivity index (χ2n) is 7.42. The third kappa shape index (κ3) is 3.74. The predicted molar refractivity (Wildman–Crippen MR) is 96.4 cm³/mol. The Hall–Kier alpha value is -2.37. The van der Waals surface area contributed by atoms with E-state index in [1.165, 1.54) is 0 Å². The molecule has 6 nitrogen and oxygen atoms in total. The van der Waals surface area contributed by atoms with Gasteiger partial charge in [-0.05, 0) is 45.1 Å². The summed E-state index contributed by atoms with van der Waals surface area (Å²) in [4.78, 5) is 38.4. The van der Waals surface area contributed by atoms with Gasteiger partial charge in [-0.1, -0.05) is 42.7 Å². The van der Waals surface area contributed by atoms with E-state index in [4.69, 9.17) is 4.74 Å². The van der Waals surface area contributed by atoms with Crippen molar-refractivity contribution in [2.24, 2.45) is 0 Å². The number of benzene rings is 1. The van der Waals surface area contributed by atoms with Gasteiger partial charge in [-0.15, -0.1) is 0 Å². The average Bonchev–Trinajstić information content (AvgIpc) is 2.79. The highest BCUT2D eigenvalue weighted by atomic mass is 16.5. The van der Waals surface area contributed by atoms with Crippen LogP contribution >= 0.6 is 0 Å².